The fourth-order valence-electron chi connectivity index (χ4n) is 8.21. The van der Waals surface area contributed by atoms with Crippen LogP contribution in [0.25, 0.3) is 66.4 Å². The van der Waals surface area contributed by atoms with Crippen molar-refractivity contribution in [2.24, 2.45) is 0 Å². The Morgan fingerprint density at radius 3 is 1.54 bits per heavy atom. The van der Waals surface area contributed by atoms with Crippen LogP contribution in [0.1, 0.15) is 49.9 Å². The van der Waals surface area contributed by atoms with E-state index in [-0.39, 0.29) is 10.8 Å². The van der Waals surface area contributed by atoms with Gasteiger partial charge in [-0.05, 0) is 97.1 Å². The van der Waals surface area contributed by atoms with Crippen molar-refractivity contribution in [3.63, 3.8) is 0 Å². The van der Waals surface area contributed by atoms with Gasteiger partial charge in [0.25, 0.3) is 0 Å². The first-order valence-corrected chi connectivity index (χ1v) is 16.0. The molecular formula is C42H33BO3. The first-order chi connectivity index (χ1) is 22.1. The minimum atomic E-state index is -1.67. The third-order valence-corrected chi connectivity index (χ3v) is 10.7. The Morgan fingerprint density at radius 2 is 0.957 bits per heavy atom. The van der Waals surface area contributed by atoms with Gasteiger partial charge < -0.3 is 14.5 Å². The van der Waals surface area contributed by atoms with Gasteiger partial charge >= 0.3 is 7.12 Å². The Kier molecular flexibility index (Phi) is 5.56. The Bertz CT molecular complexity index is 2410. The largest absolute Gasteiger partial charge is 0.492 e. The second-order valence-corrected chi connectivity index (χ2v) is 14.0. The van der Waals surface area contributed by atoms with E-state index in [4.69, 9.17) is 4.42 Å². The first kappa shape index (κ1) is 27.4. The second kappa shape index (κ2) is 9.32. The molecule has 7 aromatic rings. The second-order valence-electron chi connectivity index (χ2n) is 14.0. The van der Waals surface area contributed by atoms with Crippen molar-refractivity contribution in [3.8, 4) is 44.5 Å². The summed E-state index contributed by atoms with van der Waals surface area (Å²) in [6.07, 6.45) is 0. The molecular weight excluding hydrogens is 563 g/mol. The van der Waals surface area contributed by atoms with Crippen LogP contribution in [0.4, 0.5) is 0 Å². The lowest BCUT2D eigenvalue weighted by Gasteiger charge is -2.22. The highest BCUT2D eigenvalue weighted by Crippen LogP contribution is 2.51. The highest BCUT2D eigenvalue weighted by Gasteiger charge is 2.36. The van der Waals surface area contributed by atoms with E-state index >= 15 is 0 Å². The van der Waals surface area contributed by atoms with E-state index in [1.54, 1.807) is 0 Å². The molecule has 1 heterocycles. The molecule has 0 atom stereocenters. The third-order valence-electron chi connectivity index (χ3n) is 10.7. The molecule has 2 aliphatic carbocycles. The maximum Gasteiger partial charge on any atom is 0.492 e. The summed E-state index contributed by atoms with van der Waals surface area (Å²) in [6.45, 7) is 9.15. The van der Waals surface area contributed by atoms with Gasteiger partial charge in [-0.3, -0.25) is 0 Å². The molecule has 4 heteroatoms. The molecule has 222 valence electrons. The van der Waals surface area contributed by atoms with Gasteiger partial charge in [0.1, 0.15) is 11.2 Å². The molecule has 0 amide bonds. The van der Waals surface area contributed by atoms with Crippen LogP contribution in [0.5, 0.6) is 0 Å². The van der Waals surface area contributed by atoms with E-state index in [1.165, 1.54) is 44.5 Å². The number of hydrogen-bond donors (Lipinski definition) is 2. The molecule has 0 aliphatic heterocycles. The quantitative estimate of drug-likeness (QED) is 0.200. The summed E-state index contributed by atoms with van der Waals surface area (Å²) in [5.41, 5.74) is 16.0. The third kappa shape index (κ3) is 3.69. The number of furan rings is 1. The topological polar surface area (TPSA) is 53.6 Å². The number of benzene rings is 6. The highest BCUT2D eigenvalue weighted by atomic mass is 16.4. The molecule has 3 nitrogen and oxygen atoms in total. The minimum absolute atomic E-state index is 0.0821. The highest BCUT2D eigenvalue weighted by molar-refractivity contribution is 6.62. The number of hydrogen-bond acceptors (Lipinski definition) is 3. The zero-order valence-electron chi connectivity index (χ0n) is 26.3. The molecule has 0 fully saturated rings. The van der Waals surface area contributed by atoms with E-state index in [1.807, 2.05) is 12.1 Å². The first-order valence-electron chi connectivity index (χ1n) is 16.0. The zero-order chi connectivity index (χ0) is 31.5. The lowest BCUT2D eigenvalue weighted by molar-refractivity contribution is 0.425. The normalized spacial score (nSPS) is 15.1. The van der Waals surface area contributed by atoms with Gasteiger partial charge in [0.2, 0.25) is 0 Å². The van der Waals surface area contributed by atoms with Crippen LogP contribution in [0, 0.1) is 0 Å². The average molecular weight is 597 g/mol. The van der Waals surface area contributed by atoms with Crippen molar-refractivity contribution in [1.29, 1.82) is 0 Å². The number of rotatable bonds is 3. The van der Waals surface area contributed by atoms with E-state index in [9.17, 15) is 10.0 Å². The lowest BCUT2D eigenvalue weighted by atomic mass is 9.77. The summed E-state index contributed by atoms with van der Waals surface area (Å²) in [4.78, 5) is 0. The number of fused-ring (bicyclic) bond motifs is 9. The van der Waals surface area contributed by atoms with Gasteiger partial charge in [-0.1, -0.05) is 113 Å². The zero-order valence-corrected chi connectivity index (χ0v) is 26.3. The summed E-state index contributed by atoms with van der Waals surface area (Å²) in [5.74, 6) is 0. The van der Waals surface area contributed by atoms with Gasteiger partial charge in [-0.25, -0.2) is 0 Å². The van der Waals surface area contributed by atoms with Gasteiger partial charge in [0.15, 0.2) is 0 Å². The van der Waals surface area contributed by atoms with Gasteiger partial charge in [-0.15, -0.1) is 0 Å². The van der Waals surface area contributed by atoms with Crippen LogP contribution in [0.2, 0.25) is 0 Å². The Balaban J connectivity index is 1.20. The molecule has 0 bridgehead atoms. The summed E-state index contributed by atoms with van der Waals surface area (Å²) in [5, 5.41) is 22.9. The molecule has 46 heavy (non-hydrogen) atoms. The molecule has 0 saturated heterocycles. The Labute approximate surface area is 268 Å². The van der Waals surface area contributed by atoms with Gasteiger partial charge in [-0.2, -0.15) is 0 Å². The SMILES string of the molecule is CC1(C)c2ccccc2-c2ccc(-c3ccc4oc5c(B(O)O)cc(-c6ccc7c(c6)C(C)(C)c6ccccc6-7)cc5c4c3)cc21. The molecule has 1 aromatic heterocycles. The predicted octanol–water partition coefficient (Wildman–Crippen LogP) is 9.21. The van der Waals surface area contributed by atoms with E-state index < -0.39 is 7.12 Å². The maximum atomic E-state index is 10.5. The standard InChI is InChI=1S/C42H33BO3/c1-41(2)34-11-7-5-9-28(34)30-16-13-25(21-36(30)41)24-15-18-39-32(19-24)33-20-27(23-38(43(44)45)40(33)46-39)26-14-17-31-29-10-6-8-12-35(29)42(3,4)37(31)22-26/h5-23,44-45H,1-4H3. The summed E-state index contributed by atoms with van der Waals surface area (Å²) < 4.78 is 6.31. The fourth-order valence-corrected chi connectivity index (χ4v) is 8.21. The van der Waals surface area contributed by atoms with Crippen LogP contribution < -0.4 is 5.46 Å². The summed E-state index contributed by atoms with van der Waals surface area (Å²) in [6, 6.07) is 41.0. The lowest BCUT2D eigenvalue weighted by Crippen LogP contribution is -2.30. The van der Waals surface area contributed by atoms with E-state index in [0.29, 0.717) is 11.0 Å². The van der Waals surface area contributed by atoms with Crippen LogP contribution in [-0.4, -0.2) is 17.2 Å². The van der Waals surface area contributed by atoms with Crippen LogP contribution >= 0.6 is 0 Å². The molecule has 0 unspecified atom stereocenters. The predicted molar refractivity (Wildman–Crippen MR) is 190 cm³/mol. The van der Waals surface area contributed by atoms with E-state index in [2.05, 4.69) is 131 Å². The van der Waals surface area contributed by atoms with Crippen molar-refractivity contribution in [3.05, 3.63) is 138 Å². The Morgan fingerprint density at radius 1 is 0.478 bits per heavy atom. The summed E-state index contributed by atoms with van der Waals surface area (Å²) in [7, 11) is -1.67. The minimum Gasteiger partial charge on any atom is -0.456 e. The van der Waals surface area contributed by atoms with Crippen molar-refractivity contribution in [2.75, 3.05) is 0 Å². The van der Waals surface area contributed by atoms with Crippen LogP contribution in [0.15, 0.2) is 120 Å². The van der Waals surface area contributed by atoms with Gasteiger partial charge in [0.05, 0.1) is 0 Å². The summed E-state index contributed by atoms with van der Waals surface area (Å²) >= 11 is 0. The molecule has 0 saturated carbocycles. The van der Waals surface area contributed by atoms with Crippen LogP contribution in [-0.2, 0) is 10.8 Å². The molecule has 6 aromatic carbocycles. The average Bonchev–Trinajstić information content (AvgIpc) is 3.63. The molecule has 2 aliphatic rings. The smallest absolute Gasteiger partial charge is 0.456 e. The van der Waals surface area contributed by atoms with Crippen molar-refractivity contribution in [2.45, 2.75) is 38.5 Å². The van der Waals surface area contributed by atoms with Crippen molar-refractivity contribution < 1.29 is 14.5 Å². The van der Waals surface area contributed by atoms with Crippen LogP contribution in [0.3, 0.4) is 0 Å². The van der Waals surface area contributed by atoms with Crippen molar-refractivity contribution in [1.82, 2.24) is 0 Å². The Hall–Kier alpha value is -4.90. The molecule has 0 spiro atoms. The fraction of sp³-hybridized carbons (Fsp3) is 0.143. The van der Waals surface area contributed by atoms with Crippen molar-refractivity contribution >= 4 is 34.5 Å². The molecule has 0 radical (unpaired) electrons. The molecule has 9 rings (SSSR count). The maximum absolute atomic E-state index is 10.5. The van der Waals surface area contributed by atoms with E-state index in [0.717, 1.165) is 38.6 Å². The monoisotopic (exact) mass is 596 g/mol. The molecule has 2 N–H and O–H groups in total. The van der Waals surface area contributed by atoms with Gasteiger partial charge in [0, 0.05) is 27.1 Å².